The molecule has 0 unspecified atom stereocenters. The molecule has 0 aliphatic heterocycles. The Bertz CT molecular complexity index is 1140. The normalized spacial score (nSPS) is 25.3. The highest BCUT2D eigenvalue weighted by Crippen LogP contribution is 2.31. The van der Waals surface area contributed by atoms with Gasteiger partial charge in [0.1, 0.15) is 11.8 Å². The zero-order valence-electron chi connectivity index (χ0n) is 24.1. The quantitative estimate of drug-likeness (QED) is 0.899. The summed E-state index contributed by atoms with van der Waals surface area (Å²) in [6.07, 6.45) is -13.0. The Labute approximate surface area is 141 Å². The highest BCUT2D eigenvalue weighted by molar-refractivity contribution is 5.30. The smallest absolute Gasteiger partial charge is 0.416 e. The summed E-state index contributed by atoms with van der Waals surface area (Å²) < 4.78 is 155. The van der Waals surface area contributed by atoms with Crippen LogP contribution in [0.4, 0.5) is 13.2 Å². The standard InChI is InChI=1S/C16H16F3NO/c17-16(18,19)13-6-8-14(9-7-13)21-15(10-11-20)12-4-2-1-3-5-12/h1-9,15H,10-11,20H2/t15-/m1/s1/i1D,2D,3D,4D,5D,6D,7D,8D,9D,10D2,11D2,15D. The van der Waals surface area contributed by atoms with E-state index in [0.717, 1.165) is 0 Å². The second kappa shape index (κ2) is 6.63. The number of hydrogen-bond donors (Lipinski definition) is 1. The molecule has 21 heavy (non-hydrogen) atoms. The van der Waals surface area contributed by atoms with E-state index in [-0.39, 0.29) is 0 Å². The molecule has 2 rings (SSSR count). The van der Waals surface area contributed by atoms with Gasteiger partial charge in [0.15, 0.2) is 0 Å². The second-order valence-electron chi connectivity index (χ2n) is 3.40. The number of hydrogen-bond acceptors (Lipinski definition) is 2. The maximum absolute atomic E-state index is 13.3. The lowest BCUT2D eigenvalue weighted by atomic mass is 10.1. The minimum atomic E-state index is -5.35. The minimum absolute atomic E-state index is 0.985. The van der Waals surface area contributed by atoms with E-state index in [2.05, 4.69) is 0 Å². The van der Waals surface area contributed by atoms with Crippen molar-refractivity contribution >= 4 is 0 Å². The monoisotopic (exact) mass is 309 g/mol. The Kier molecular flexibility index (Phi) is 1.68. The Morgan fingerprint density at radius 2 is 1.76 bits per heavy atom. The third-order valence-corrected chi connectivity index (χ3v) is 2.00. The van der Waals surface area contributed by atoms with E-state index in [1.807, 2.05) is 0 Å². The molecule has 0 amide bonds. The van der Waals surface area contributed by atoms with E-state index >= 15 is 0 Å². The highest BCUT2D eigenvalue weighted by Gasteiger charge is 2.30. The van der Waals surface area contributed by atoms with Crippen LogP contribution in [0.3, 0.4) is 0 Å². The van der Waals surface area contributed by atoms with Crippen LogP contribution >= 0.6 is 0 Å². The molecule has 0 fully saturated rings. The Morgan fingerprint density at radius 3 is 2.29 bits per heavy atom. The molecule has 0 radical (unpaired) electrons. The zero-order chi connectivity index (χ0) is 27.6. The molecule has 2 nitrogen and oxygen atoms in total. The summed E-state index contributed by atoms with van der Waals surface area (Å²) in [6, 6.07) is -12.2. The minimum Gasteiger partial charge on any atom is -0.486 e. The molecule has 2 aromatic rings. The second-order valence-corrected chi connectivity index (χ2v) is 3.40. The van der Waals surface area contributed by atoms with Gasteiger partial charge < -0.3 is 10.5 Å². The molecule has 0 saturated heterocycles. The fourth-order valence-corrected chi connectivity index (χ4v) is 1.16. The number of alkyl halides is 3. The van der Waals surface area contributed by atoms with Crippen LogP contribution in [0.1, 0.15) is 42.8 Å². The highest BCUT2D eigenvalue weighted by atomic mass is 19.4. The molecule has 2 N–H and O–H groups in total. The van der Waals surface area contributed by atoms with Crippen molar-refractivity contribution in [2.24, 2.45) is 5.73 Å². The van der Waals surface area contributed by atoms with Crippen LogP contribution in [0.2, 0.25) is 0 Å². The summed E-state index contributed by atoms with van der Waals surface area (Å²) in [5.74, 6) is -1.47. The lowest BCUT2D eigenvalue weighted by Crippen LogP contribution is -2.13. The van der Waals surface area contributed by atoms with Gasteiger partial charge in [0.05, 0.1) is 19.3 Å². The van der Waals surface area contributed by atoms with Gasteiger partial charge in [0.25, 0.3) is 0 Å². The van der Waals surface area contributed by atoms with E-state index in [1.165, 1.54) is 0 Å². The van der Waals surface area contributed by atoms with Crippen LogP contribution in [0.5, 0.6) is 5.75 Å². The summed E-state index contributed by atoms with van der Waals surface area (Å²) in [6.45, 7) is -3.57. The molecule has 0 saturated carbocycles. The largest absolute Gasteiger partial charge is 0.486 e. The van der Waals surface area contributed by atoms with Crippen molar-refractivity contribution in [2.75, 3.05) is 6.50 Å². The predicted molar refractivity (Wildman–Crippen MR) is 74.9 cm³/mol. The van der Waals surface area contributed by atoms with E-state index in [4.69, 9.17) is 29.7 Å². The van der Waals surface area contributed by atoms with Crippen molar-refractivity contribution in [1.82, 2.24) is 0 Å². The molecule has 0 aliphatic rings. The first-order chi connectivity index (χ1) is 15.5. The molecule has 0 aromatic heterocycles. The molecule has 0 spiro atoms. The molecule has 0 heterocycles. The van der Waals surface area contributed by atoms with Crippen molar-refractivity contribution in [3.05, 3.63) is 65.5 Å². The lowest BCUT2D eigenvalue weighted by molar-refractivity contribution is -0.137. The molecule has 1 atom stereocenters. The summed E-state index contributed by atoms with van der Waals surface area (Å²) >= 11 is 0. The summed E-state index contributed by atoms with van der Waals surface area (Å²) in [5.41, 5.74) is 1.85. The van der Waals surface area contributed by atoms with Gasteiger partial charge in [-0.05, 0) is 36.2 Å². The van der Waals surface area contributed by atoms with Gasteiger partial charge in [-0.25, -0.2) is 0 Å². The average molecular weight is 309 g/mol. The molecule has 0 aliphatic carbocycles. The maximum Gasteiger partial charge on any atom is 0.416 e. The Hall–Kier alpha value is -2.01. The predicted octanol–water partition coefficient (Wildman–Crippen LogP) is 4.17. The van der Waals surface area contributed by atoms with E-state index in [0.29, 0.717) is 0 Å². The number of nitrogens with two attached hydrogens (primary N) is 1. The Morgan fingerprint density at radius 1 is 1.14 bits per heavy atom. The fraction of sp³-hybridized carbons (Fsp3) is 0.250. The number of rotatable bonds is 5. The average Bonchev–Trinajstić information content (AvgIpc) is 2.70. The molecule has 2 aromatic carbocycles. The van der Waals surface area contributed by atoms with Crippen molar-refractivity contribution in [1.29, 1.82) is 0 Å². The van der Waals surface area contributed by atoms with E-state index in [1.54, 1.807) is 0 Å². The van der Waals surface area contributed by atoms with E-state index in [9.17, 15) is 13.2 Å². The Balaban J connectivity index is 3.05. The van der Waals surface area contributed by atoms with Crippen molar-refractivity contribution in [2.45, 2.75) is 18.6 Å². The van der Waals surface area contributed by atoms with Crippen LogP contribution in [0.15, 0.2) is 54.4 Å². The third-order valence-electron chi connectivity index (χ3n) is 2.00. The summed E-state index contributed by atoms with van der Waals surface area (Å²) in [5, 5.41) is 0. The van der Waals surface area contributed by atoms with Gasteiger partial charge in [-0.1, -0.05) is 30.2 Å². The van der Waals surface area contributed by atoms with Crippen molar-refractivity contribution in [3.8, 4) is 5.75 Å². The van der Waals surface area contributed by atoms with Crippen molar-refractivity contribution in [3.63, 3.8) is 0 Å². The van der Waals surface area contributed by atoms with Crippen LogP contribution in [0, 0.1) is 0 Å². The van der Waals surface area contributed by atoms with Crippen molar-refractivity contribution < 1.29 is 37.1 Å². The molecule has 5 heteroatoms. The number of benzene rings is 2. The fourth-order valence-electron chi connectivity index (χ4n) is 1.16. The zero-order valence-corrected chi connectivity index (χ0v) is 10.1. The van der Waals surface area contributed by atoms with Crippen LogP contribution < -0.4 is 10.5 Å². The SMILES string of the molecule is [2H]c1c([2H])c([2H])c([C@]([2H])(Oc2c([2H])c([2H])c(C(F)(F)F)c([2H])c2[2H])C([2H])([2H])C([2H])([2H])N)c([2H])c1[2H]. The first-order valence-electron chi connectivity index (χ1n) is 12.3. The maximum atomic E-state index is 13.3. The summed E-state index contributed by atoms with van der Waals surface area (Å²) in [4.78, 5) is 0. The molecular formula is C16H16F3NO. The van der Waals surface area contributed by atoms with Gasteiger partial charge in [-0.3, -0.25) is 0 Å². The van der Waals surface area contributed by atoms with Crippen LogP contribution in [-0.2, 0) is 6.18 Å². The lowest BCUT2D eigenvalue weighted by Gasteiger charge is -2.19. The third kappa shape index (κ3) is 4.23. The summed E-state index contributed by atoms with van der Waals surface area (Å²) in [7, 11) is 0. The van der Waals surface area contributed by atoms with Gasteiger partial charge in [0, 0.05) is 11.9 Å². The first-order valence-corrected chi connectivity index (χ1v) is 5.26. The topological polar surface area (TPSA) is 35.2 Å². The molecule has 112 valence electrons. The van der Waals surface area contributed by atoms with Gasteiger partial charge in [-0.2, -0.15) is 13.2 Å². The van der Waals surface area contributed by atoms with Gasteiger partial charge in [0.2, 0.25) is 0 Å². The van der Waals surface area contributed by atoms with Crippen LogP contribution in [-0.4, -0.2) is 6.50 Å². The number of ether oxygens (including phenoxy) is 1. The van der Waals surface area contributed by atoms with Gasteiger partial charge in [-0.15, -0.1) is 0 Å². The first kappa shape index (κ1) is 5.32. The molecular weight excluding hydrogens is 279 g/mol. The van der Waals surface area contributed by atoms with E-state index < -0.39 is 96.4 Å². The molecule has 0 bridgehead atoms. The van der Waals surface area contributed by atoms with Crippen LogP contribution in [0.25, 0.3) is 0 Å². The number of halogens is 3. The van der Waals surface area contributed by atoms with Gasteiger partial charge >= 0.3 is 6.18 Å².